The number of hydrogen-bond donors (Lipinski definition) is 0. The summed E-state index contributed by atoms with van der Waals surface area (Å²) in [5.41, 5.74) is 2.19. The Morgan fingerprint density at radius 3 is 2.59 bits per heavy atom. The van der Waals surface area contributed by atoms with Gasteiger partial charge in [-0.25, -0.2) is 0 Å². The Kier molecular flexibility index (Phi) is 2.75. The zero-order valence-corrected chi connectivity index (χ0v) is 10.6. The SMILES string of the molecule is Clc1ccccc1-n1cccc1-c1cccs1. The average molecular weight is 260 g/mol. The van der Waals surface area contributed by atoms with Gasteiger partial charge in [0, 0.05) is 6.20 Å². The number of hydrogen-bond acceptors (Lipinski definition) is 1. The smallest absolute Gasteiger partial charge is 0.0646 e. The molecule has 2 aromatic heterocycles. The van der Waals surface area contributed by atoms with E-state index in [-0.39, 0.29) is 0 Å². The number of halogens is 1. The lowest BCUT2D eigenvalue weighted by Crippen LogP contribution is -1.94. The minimum atomic E-state index is 0.765. The van der Waals surface area contributed by atoms with Gasteiger partial charge < -0.3 is 4.57 Å². The van der Waals surface area contributed by atoms with Crippen LogP contribution in [0, 0.1) is 0 Å². The number of rotatable bonds is 2. The summed E-state index contributed by atoms with van der Waals surface area (Å²) in [5.74, 6) is 0. The van der Waals surface area contributed by atoms with Gasteiger partial charge in [0.25, 0.3) is 0 Å². The summed E-state index contributed by atoms with van der Waals surface area (Å²) < 4.78 is 2.12. The van der Waals surface area contributed by atoms with Gasteiger partial charge in [-0.2, -0.15) is 0 Å². The number of benzene rings is 1. The van der Waals surface area contributed by atoms with Gasteiger partial charge in [0.2, 0.25) is 0 Å². The first-order chi connectivity index (χ1) is 8.36. The molecule has 0 aliphatic heterocycles. The van der Waals surface area contributed by atoms with E-state index >= 15 is 0 Å². The molecular formula is C14H10ClNS. The molecule has 2 heterocycles. The fourth-order valence-electron chi connectivity index (χ4n) is 1.86. The van der Waals surface area contributed by atoms with Crippen molar-refractivity contribution in [2.24, 2.45) is 0 Å². The van der Waals surface area contributed by atoms with E-state index in [0.717, 1.165) is 10.7 Å². The third kappa shape index (κ3) is 1.90. The van der Waals surface area contributed by atoms with Crippen LogP contribution in [0.4, 0.5) is 0 Å². The van der Waals surface area contributed by atoms with Crippen LogP contribution in [0.25, 0.3) is 16.3 Å². The molecule has 0 spiro atoms. The maximum atomic E-state index is 6.23. The van der Waals surface area contributed by atoms with Gasteiger partial charge >= 0.3 is 0 Å². The van der Waals surface area contributed by atoms with Gasteiger partial charge in [0.15, 0.2) is 0 Å². The molecule has 0 radical (unpaired) electrons. The topological polar surface area (TPSA) is 4.93 Å². The molecule has 0 saturated carbocycles. The van der Waals surface area contributed by atoms with Gasteiger partial charge in [0.1, 0.15) is 0 Å². The minimum Gasteiger partial charge on any atom is -0.314 e. The summed E-state index contributed by atoms with van der Waals surface area (Å²) in [6.07, 6.45) is 2.04. The van der Waals surface area contributed by atoms with E-state index in [1.807, 2.05) is 36.5 Å². The highest BCUT2D eigenvalue weighted by Gasteiger charge is 2.08. The van der Waals surface area contributed by atoms with Crippen LogP contribution in [-0.2, 0) is 0 Å². The normalized spacial score (nSPS) is 10.6. The van der Waals surface area contributed by atoms with Crippen molar-refractivity contribution in [3.8, 4) is 16.3 Å². The molecule has 0 bridgehead atoms. The molecule has 0 aliphatic rings. The Labute approximate surface area is 109 Å². The van der Waals surface area contributed by atoms with Crippen LogP contribution in [-0.4, -0.2) is 4.57 Å². The molecule has 3 aromatic rings. The summed E-state index contributed by atoms with van der Waals surface area (Å²) >= 11 is 7.96. The van der Waals surface area contributed by atoms with Crippen LogP contribution in [0.2, 0.25) is 5.02 Å². The van der Waals surface area contributed by atoms with Crippen LogP contribution in [0.1, 0.15) is 0 Å². The molecule has 1 aromatic carbocycles. The van der Waals surface area contributed by atoms with Crippen LogP contribution in [0.3, 0.4) is 0 Å². The van der Waals surface area contributed by atoms with Crippen LogP contribution < -0.4 is 0 Å². The van der Waals surface area contributed by atoms with Gasteiger partial charge in [0.05, 0.1) is 21.3 Å². The Morgan fingerprint density at radius 1 is 0.941 bits per heavy atom. The van der Waals surface area contributed by atoms with Crippen LogP contribution >= 0.6 is 22.9 Å². The molecule has 0 fully saturated rings. The van der Waals surface area contributed by atoms with E-state index in [1.165, 1.54) is 10.6 Å². The first-order valence-electron chi connectivity index (χ1n) is 5.32. The highest BCUT2D eigenvalue weighted by Crippen LogP contribution is 2.30. The summed E-state index contributed by atoms with van der Waals surface area (Å²) in [5, 5.41) is 2.85. The van der Waals surface area contributed by atoms with Crippen molar-refractivity contribution in [3.05, 3.63) is 65.1 Å². The monoisotopic (exact) mass is 259 g/mol. The fourth-order valence-corrected chi connectivity index (χ4v) is 2.84. The van der Waals surface area contributed by atoms with E-state index < -0.39 is 0 Å². The second-order valence-corrected chi connectivity index (χ2v) is 5.05. The van der Waals surface area contributed by atoms with E-state index in [9.17, 15) is 0 Å². The van der Waals surface area contributed by atoms with Crippen molar-refractivity contribution >= 4 is 22.9 Å². The van der Waals surface area contributed by atoms with Crippen molar-refractivity contribution in [2.75, 3.05) is 0 Å². The van der Waals surface area contributed by atoms with Gasteiger partial charge in [-0.15, -0.1) is 11.3 Å². The van der Waals surface area contributed by atoms with Crippen molar-refractivity contribution in [3.63, 3.8) is 0 Å². The standard InChI is InChI=1S/C14H10ClNS/c15-11-5-1-2-6-12(11)16-9-3-7-13(16)14-8-4-10-17-14/h1-10H. The Morgan fingerprint density at radius 2 is 1.82 bits per heavy atom. The summed E-state index contributed by atoms with van der Waals surface area (Å²) in [7, 11) is 0. The van der Waals surface area contributed by atoms with Gasteiger partial charge in [-0.05, 0) is 35.7 Å². The third-order valence-corrected chi connectivity index (χ3v) is 3.85. The third-order valence-electron chi connectivity index (χ3n) is 2.63. The molecule has 17 heavy (non-hydrogen) atoms. The first-order valence-corrected chi connectivity index (χ1v) is 6.58. The van der Waals surface area contributed by atoms with Crippen molar-refractivity contribution < 1.29 is 0 Å². The molecule has 0 aliphatic carbocycles. The molecule has 3 heteroatoms. The summed E-state index contributed by atoms with van der Waals surface area (Å²) in [6, 6.07) is 16.2. The Balaban J connectivity index is 2.17. The molecule has 0 unspecified atom stereocenters. The lowest BCUT2D eigenvalue weighted by atomic mass is 10.3. The lowest BCUT2D eigenvalue weighted by molar-refractivity contribution is 1.09. The predicted molar refractivity (Wildman–Crippen MR) is 74.1 cm³/mol. The zero-order chi connectivity index (χ0) is 11.7. The van der Waals surface area contributed by atoms with E-state index in [2.05, 4.69) is 28.1 Å². The second kappa shape index (κ2) is 4.40. The minimum absolute atomic E-state index is 0.765. The molecule has 3 rings (SSSR count). The number of thiophene rings is 1. The molecular weight excluding hydrogens is 250 g/mol. The predicted octanol–water partition coefficient (Wildman–Crippen LogP) is 4.86. The van der Waals surface area contributed by atoms with Crippen molar-refractivity contribution in [1.82, 2.24) is 4.57 Å². The van der Waals surface area contributed by atoms with Gasteiger partial charge in [-0.3, -0.25) is 0 Å². The lowest BCUT2D eigenvalue weighted by Gasteiger charge is -2.09. The van der Waals surface area contributed by atoms with Crippen LogP contribution in [0.5, 0.6) is 0 Å². The Bertz CT molecular complexity index is 625. The summed E-state index contributed by atoms with van der Waals surface area (Å²) in [4.78, 5) is 1.25. The number of nitrogens with zero attached hydrogens (tertiary/aromatic N) is 1. The number of aromatic nitrogens is 1. The molecule has 84 valence electrons. The molecule has 1 nitrogen and oxygen atoms in total. The van der Waals surface area contributed by atoms with Crippen molar-refractivity contribution in [1.29, 1.82) is 0 Å². The molecule has 0 N–H and O–H groups in total. The highest BCUT2D eigenvalue weighted by atomic mass is 35.5. The van der Waals surface area contributed by atoms with E-state index in [1.54, 1.807) is 11.3 Å². The number of para-hydroxylation sites is 1. The molecule has 0 atom stereocenters. The highest BCUT2D eigenvalue weighted by molar-refractivity contribution is 7.13. The van der Waals surface area contributed by atoms with E-state index in [4.69, 9.17) is 11.6 Å². The van der Waals surface area contributed by atoms with E-state index in [0.29, 0.717) is 0 Å². The maximum absolute atomic E-state index is 6.23. The van der Waals surface area contributed by atoms with Gasteiger partial charge in [-0.1, -0.05) is 29.8 Å². The van der Waals surface area contributed by atoms with Crippen molar-refractivity contribution in [2.45, 2.75) is 0 Å². The summed E-state index contributed by atoms with van der Waals surface area (Å²) in [6.45, 7) is 0. The van der Waals surface area contributed by atoms with Crippen LogP contribution in [0.15, 0.2) is 60.1 Å². The maximum Gasteiger partial charge on any atom is 0.0646 e. The Hall–Kier alpha value is -1.51. The zero-order valence-electron chi connectivity index (χ0n) is 9.01. The first kappa shape index (κ1) is 10.6. The average Bonchev–Trinajstić information content (AvgIpc) is 3.00. The molecule has 0 amide bonds. The fraction of sp³-hybridized carbons (Fsp3) is 0. The quantitative estimate of drug-likeness (QED) is 0.619. The second-order valence-electron chi connectivity index (χ2n) is 3.69. The largest absolute Gasteiger partial charge is 0.314 e. The molecule has 0 saturated heterocycles.